The van der Waals surface area contributed by atoms with Gasteiger partial charge in [0, 0.05) is 18.7 Å². The number of rotatable bonds is 6. The summed E-state index contributed by atoms with van der Waals surface area (Å²) in [6.07, 6.45) is 0. The van der Waals surface area contributed by atoms with Gasteiger partial charge in [0.05, 0.1) is 4.90 Å². The van der Waals surface area contributed by atoms with Gasteiger partial charge >= 0.3 is 0 Å². The van der Waals surface area contributed by atoms with Gasteiger partial charge in [-0.05, 0) is 35.0 Å². The molecule has 3 rings (SSSR count). The maximum atomic E-state index is 12.4. The normalized spacial score (nSPS) is 11.4. The summed E-state index contributed by atoms with van der Waals surface area (Å²) in [5.74, 6) is -0.231. The molecule has 0 bridgehead atoms. The van der Waals surface area contributed by atoms with E-state index in [1.54, 1.807) is 42.5 Å². The minimum Gasteiger partial charge on any atom is -0.351 e. The highest BCUT2D eigenvalue weighted by Crippen LogP contribution is 2.18. The van der Waals surface area contributed by atoms with Gasteiger partial charge in [0.15, 0.2) is 0 Å². The zero-order valence-electron chi connectivity index (χ0n) is 13.5. The average Bonchev–Trinajstić information content (AvgIpc) is 2.65. The number of hydrogen-bond donors (Lipinski definition) is 2. The monoisotopic (exact) mass is 354 g/mol. The number of carbonyl (C=O) groups is 1. The highest BCUT2D eigenvalue weighted by atomic mass is 32.2. The molecule has 0 saturated carbocycles. The Balaban J connectivity index is 1.59. The molecular formula is C19H18N2O3S. The second-order valence-corrected chi connectivity index (χ2v) is 7.30. The second kappa shape index (κ2) is 7.46. The first-order valence-corrected chi connectivity index (χ1v) is 9.36. The second-order valence-electron chi connectivity index (χ2n) is 5.53. The van der Waals surface area contributed by atoms with Gasteiger partial charge in [-0.1, -0.05) is 48.5 Å². The molecule has 0 fully saturated rings. The number of fused-ring (bicyclic) bond motifs is 1. The number of hydrogen-bond acceptors (Lipinski definition) is 3. The molecular weight excluding hydrogens is 336 g/mol. The van der Waals surface area contributed by atoms with Crippen LogP contribution in [0.3, 0.4) is 0 Å². The largest absolute Gasteiger partial charge is 0.351 e. The third-order valence-electron chi connectivity index (χ3n) is 3.77. The van der Waals surface area contributed by atoms with Crippen molar-refractivity contribution in [1.82, 2.24) is 10.0 Å². The Kier molecular flexibility index (Phi) is 5.11. The van der Waals surface area contributed by atoms with Crippen molar-refractivity contribution in [1.29, 1.82) is 0 Å². The van der Waals surface area contributed by atoms with Crippen LogP contribution in [0.4, 0.5) is 0 Å². The minimum absolute atomic E-state index is 0.119. The van der Waals surface area contributed by atoms with Crippen molar-refractivity contribution in [3.05, 3.63) is 78.4 Å². The number of nitrogens with one attached hydrogen (secondary N) is 2. The highest BCUT2D eigenvalue weighted by molar-refractivity contribution is 7.89. The standard InChI is InChI=1S/C19H18N2O3S/c22-19(16-7-2-1-3-8-16)20-12-13-21-25(23,24)18-11-10-15-6-4-5-9-17(15)14-18/h1-11,14,21H,12-13H2,(H,20,22). The molecule has 0 radical (unpaired) electrons. The predicted molar refractivity (Wildman–Crippen MR) is 97.9 cm³/mol. The molecule has 0 unspecified atom stereocenters. The number of carbonyl (C=O) groups excluding carboxylic acids is 1. The van der Waals surface area contributed by atoms with Crippen LogP contribution in [-0.4, -0.2) is 27.4 Å². The smallest absolute Gasteiger partial charge is 0.251 e. The maximum Gasteiger partial charge on any atom is 0.251 e. The molecule has 0 aliphatic carbocycles. The molecule has 1 amide bonds. The van der Waals surface area contributed by atoms with Crippen LogP contribution in [0.1, 0.15) is 10.4 Å². The lowest BCUT2D eigenvalue weighted by atomic mass is 10.1. The zero-order valence-corrected chi connectivity index (χ0v) is 14.3. The van der Waals surface area contributed by atoms with E-state index in [4.69, 9.17) is 0 Å². The van der Waals surface area contributed by atoms with Crippen LogP contribution in [0.25, 0.3) is 10.8 Å². The third kappa shape index (κ3) is 4.23. The molecule has 128 valence electrons. The van der Waals surface area contributed by atoms with Crippen LogP contribution in [0, 0.1) is 0 Å². The van der Waals surface area contributed by atoms with E-state index >= 15 is 0 Å². The van der Waals surface area contributed by atoms with Crippen molar-refractivity contribution < 1.29 is 13.2 Å². The summed E-state index contributed by atoms with van der Waals surface area (Å²) < 4.78 is 27.2. The van der Waals surface area contributed by atoms with E-state index in [-0.39, 0.29) is 23.9 Å². The molecule has 0 atom stereocenters. The molecule has 5 nitrogen and oxygen atoms in total. The van der Waals surface area contributed by atoms with Gasteiger partial charge in [-0.25, -0.2) is 13.1 Å². The Hall–Kier alpha value is -2.70. The maximum absolute atomic E-state index is 12.4. The van der Waals surface area contributed by atoms with Gasteiger partial charge in [0.1, 0.15) is 0 Å². The van der Waals surface area contributed by atoms with Gasteiger partial charge < -0.3 is 5.32 Å². The Labute approximate surface area is 146 Å². The lowest BCUT2D eigenvalue weighted by Gasteiger charge is -2.09. The average molecular weight is 354 g/mol. The van der Waals surface area contributed by atoms with E-state index in [2.05, 4.69) is 10.0 Å². The lowest BCUT2D eigenvalue weighted by molar-refractivity contribution is 0.0954. The van der Waals surface area contributed by atoms with Crippen LogP contribution in [0.2, 0.25) is 0 Å². The Morgan fingerprint density at radius 2 is 1.48 bits per heavy atom. The number of amides is 1. The molecule has 0 aromatic heterocycles. The summed E-state index contributed by atoms with van der Waals surface area (Å²) in [5.41, 5.74) is 0.542. The van der Waals surface area contributed by atoms with E-state index in [1.807, 2.05) is 30.3 Å². The number of sulfonamides is 1. The first-order valence-electron chi connectivity index (χ1n) is 7.88. The first kappa shape index (κ1) is 17.1. The van der Waals surface area contributed by atoms with Crippen LogP contribution >= 0.6 is 0 Å². The molecule has 25 heavy (non-hydrogen) atoms. The molecule has 0 spiro atoms. The fraction of sp³-hybridized carbons (Fsp3) is 0.105. The fourth-order valence-electron chi connectivity index (χ4n) is 2.47. The summed E-state index contributed by atoms with van der Waals surface area (Å²) in [6, 6.07) is 21.4. The van der Waals surface area contributed by atoms with E-state index in [0.717, 1.165) is 10.8 Å². The SMILES string of the molecule is O=C(NCCNS(=O)(=O)c1ccc2ccccc2c1)c1ccccc1. The summed E-state index contributed by atoms with van der Waals surface area (Å²) in [7, 11) is -3.62. The summed E-state index contributed by atoms with van der Waals surface area (Å²) in [6.45, 7) is 0.328. The van der Waals surface area contributed by atoms with Gasteiger partial charge in [-0.2, -0.15) is 0 Å². The predicted octanol–water partition coefficient (Wildman–Crippen LogP) is 2.55. The van der Waals surface area contributed by atoms with E-state index in [9.17, 15) is 13.2 Å². The fourth-order valence-corrected chi connectivity index (χ4v) is 3.54. The third-order valence-corrected chi connectivity index (χ3v) is 5.23. The topological polar surface area (TPSA) is 75.3 Å². The summed E-state index contributed by atoms with van der Waals surface area (Å²) in [4.78, 5) is 12.1. The van der Waals surface area contributed by atoms with E-state index in [1.165, 1.54) is 0 Å². The van der Waals surface area contributed by atoms with Gasteiger partial charge in [0.2, 0.25) is 10.0 Å². The molecule has 2 N–H and O–H groups in total. The molecule has 3 aromatic carbocycles. The van der Waals surface area contributed by atoms with E-state index < -0.39 is 10.0 Å². The van der Waals surface area contributed by atoms with Crippen LogP contribution in [0.15, 0.2) is 77.7 Å². The lowest BCUT2D eigenvalue weighted by Crippen LogP contribution is -2.34. The Bertz CT molecular complexity index is 986. The van der Waals surface area contributed by atoms with Crippen molar-refractivity contribution in [3.8, 4) is 0 Å². The first-order chi connectivity index (χ1) is 12.1. The van der Waals surface area contributed by atoms with Crippen molar-refractivity contribution in [2.45, 2.75) is 4.90 Å². The van der Waals surface area contributed by atoms with Gasteiger partial charge in [-0.15, -0.1) is 0 Å². The summed E-state index contributed by atoms with van der Waals surface area (Å²) in [5, 5.41) is 4.53. The molecule has 0 heterocycles. The molecule has 0 aliphatic heterocycles. The number of benzene rings is 3. The van der Waals surface area contributed by atoms with Crippen LogP contribution < -0.4 is 10.0 Å². The van der Waals surface area contributed by atoms with Crippen LogP contribution in [0.5, 0.6) is 0 Å². The van der Waals surface area contributed by atoms with Crippen molar-refractivity contribution in [2.24, 2.45) is 0 Å². The zero-order chi connectivity index (χ0) is 17.7. The van der Waals surface area contributed by atoms with E-state index in [0.29, 0.717) is 5.56 Å². The van der Waals surface area contributed by atoms with Crippen molar-refractivity contribution >= 4 is 26.7 Å². The molecule has 0 saturated heterocycles. The van der Waals surface area contributed by atoms with Gasteiger partial charge in [-0.3, -0.25) is 4.79 Å². The Morgan fingerprint density at radius 3 is 2.24 bits per heavy atom. The quantitative estimate of drug-likeness (QED) is 0.668. The van der Waals surface area contributed by atoms with Gasteiger partial charge in [0.25, 0.3) is 5.91 Å². The molecule has 6 heteroatoms. The Morgan fingerprint density at radius 1 is 0.800 bits per heavy atom. The summed E-state index contributed by atoms with van der Waals surface area (Å²) >= 11 is 0. The minimum atomic E-state index is -3.62. The van der Waals surface area contributed by atoms with Crippen LogP contribution in [-0.2, 0) is 10.0 Å². The van der Waals surface area contributed by atoms with Crippen molar-refractivity contribution in [3.63, 3.8) is 0 Å². The highest BCUT2D eigenvalue weighted by Gasteiger charge is 2.14. The molecule has 3 aromatic rings. The molecule has 0 aliphatic rings. The van der Waals surface area contributed by atoms with Crippen molar-refractivity contribution in [2.75, 3.05) is 13.1 Å².